The Morgan fingerprint density at radius 2 is 2.20 bits per heavy atom. The van der Waals surface area contributed by atoms with Crippen molar-refractivity contribution in [2.75, 3.05) is 38.3 Å². The summed E-state index contributed by atoms with van der Waals surface area (Å²) in [6, 6.07) is 0. The van der Waals surface area contributed by atoms with Crippen LogP contribution in [-0.4, -0.2) is 38.3 Å². The molecule has 114 valence electrons. The van der Waals surface area contributed by atoms with Crippen LogP contribution in [0.25, 0.3) is 0 Å². The lowest BCUT2D eigenvalue weighted by molar-refractivity contribution is 0.0685. The highest BCUT2D eigenvalue weighted by Gasteiger charge is 2.17. The van der Waals surface area contributed by atoms with Crippen LogP contribution >= 0.6 is 11.3 Å². The molecule has 1 N–H and O–H groups in total. The summed E-state index contributed by atoms with van der Waals surface area (Å²) in [5.74, 6) is 1.43. The van der Waals surface area contributed by atoms with Crippen LogP contribution in [0.2, 0.25) is 0 Å². The fourth-order valence-electron chi connectivity index (χ4n) is 2.44. The van der Waals surface area contributed by atoms with Crippen LogP contribution in [0.5, 0.6) is 0 Å². The van der Waals surface area contributed by atoms with Crippen molar-refractivity contribution in [3.63, 3.8) is 0 Å². The molecule has 0 atom stereocenters. The van der Waals surface area contributed by atoms with E-state index in [1.54, 1.807) is 11.3 Å². The SMILES string of the molecule is CC(C)CNCc1csc(N(C)CC2CCOCC2)n1. The Labute approximate surface area is 126 Å². The van der Waals surface area contributed by atoms with Gasteiger partial charge in [-0.25, -0.2) is 4.98 Å². The molecule has 1 aliphatic heterocycles. The second-order valence-electron chi connectivity index (χ2n) is 6.08. The molecule has 1 aromatic rings. The molecule has 1 aromatic heterocycles. The Kier molecular flexibility index (Phi) is 6.26. The fraction of sp³-hybridized carbons (Fsp3) is 0.800. The first-order valence-electron chi connectivity index (χ1n) is 7.59. The smallest absolute Gasteiger partial charge is 0.185 e. The van der Waals surface area contributed by atoms with Crippen LogP contribution in [0.3, 0.4) is 0 Å². The molecular weight excluding hydrogens is 270 g/mol. The Morgan fingerprint density at radius 3 is 2.90 bits per heavy atom. The highest BCUT2D eigenvalue weighted by atomic mass is 32.1. The zero-order chi connectivity index (χ0) is 14.4. The van der Waals surface area contributed by atoms with Crippen LogP contribution < -0.4 is 10.2 Å². The second kappa shape index (κ2) is 7.96. The molecule has 2 heterocycles. The summed E-state index contributed by atoms with van der Waals surface area (Å²) >= 11 is 1.75. The first-order valence-corrected chi connectivity index (χ1v) is 8.47. The molecule has 4 nitrogen and oxygen atoms in total. The highest BCUT2D eigenvalue weighted by molar-refractivity contribution is 7.13. The molecule has 1 aliphatic rings. The van der Waals surface area contributed by atoms with E-state index in [0.717, 1.165) is 49.6 Å². The van der Waals surface area contributed by atoms with Gasteiger partial charge in [0.1, 0.15) is 0 Å². The second-order valence-corrected chi connectivity index (χ2v) is 6.92. The van der Waals surface area contributed by atoms with Crippen molar-refractivity contribution in [3.05, 3.63) is 11.1 Å². The first-order chi connectivity index (χ1) is 9.65. The number of aromatic nitrogens is 1. The number of hydrogen-bond acceptors (Lipinski definition) is 5. The summed E-state index contributed by atoms with van der Waals surface area (Å²) < 4.78 is 5.41. The lowest BCUT2D eigenvalue weighted by Crippen LogP contribution is -2.29. The molecule has 1 fully saturated rings. The number of nitrogens with one attached hydrogen (secondary N) is 1. The van der Waals surface area contributed by atoms with Crippen molar-refractivity contribution in [2.24, 2.45) is 11.8 Å². The molecule has 2 rings (SSSR count). The zero-order valence-corrected chi connectivity index (χ0v) is 13.7. The summed E-state index contributed by atoms with van der Waals surface area (Å²) in [6.45, 7) is 9.30. The number of rotatable bonds is 7. The minimum Gasteiger partial charge on any atom is -0.381 e. The molecule has 0 radical (unpaired) electrons. The molecule has 0 bridgehead atoms. The summed E-state index contributed by atoms with van der Waals surface area (Å²) in [5, 5.41) is 6.75. The number of thiazole rings is 1. The summed E-state index contributed by atoms with van der Waals surface area (Å²) in [4.78, 5) is 7.02. The van der Waals surface area contributed by atoms with Gasteiger partial charge < -0.3 is 15.0 Å². The van der Waals surface area contributed by atoms with E-state index in [1.807, 2.05) is 0 Å². The molecule has 20 heavy (non-hydrogen) atoms. The van der Waals surface area contributed by atoms with Gasteiger partial charge in [-0.3, -0.25) is 0 Å². The number of hydrogen-bond donors (Lipinski definition) is 1. The molecule has 0 spiro atoms. The molecule has 0 saturated carbocycles. The van der Waals surface area contributed by atoms with Crippen LogP contribution in [-0.2, 0) is 11.3 Å². The van der Waals surface area contributed by atoms with Crippen molar-refractivity contribution < 1.29 is 4.74 Å². The molecule has 1 saturated heterocycles. The van der Waals surface area contributed by atoms with E-state index in [1.165, 1.54) is 12.8 Å². The van der Waals surface area contributed by atoms with Crippen molar-refractivity contribution in [2.45, 2.75) is 33.2 Å². The summed E-state index contributed by atoms with van der Waals surface area (Å²) in [6.07, 6.45) is 2.36. The Hall–Kier alpha value is -0.650. The average molecular weight is 297 g/mol. The Bertz CT molecular complexity index is 388. The van der Waals surface area contributed by atoms with Crippen molar-refractivity contribution >= 4 is 16.5 Å². The number of nitrogens with zero attached hydrogens (tertiary/aromatic N) is 2. The third-order valence-corrected chi connectivity index (χ3v) is 4.60. The minimum atomic E-state index is 0.685. The predicted octanol–water partition coefficient (Wildman–Crippen LogP) is 2.75. The standard InChI is InChI=1S/C15H27N3OS/c1-12(2)8-16-9-14-11-20-15(17-14)18(3)10-13-4-6-19-7-5-13/h11-13,16H,4-10H2,1-3H3. The topological polar surface area (TPSA) is 37.4 Å². The molecular formula is C15H27N3OS. The number of ether oxygens (including phenoxy) is 1. The number of anilines is 1. The van der Waals surface area contributed by atoms with Gasteiger partial charge in [0.2, 0.25) is 0 Å². The van der Waals surface area contributed by atoms with Crippen molar-refractivity contribution in [1.82, 2.24) is 10.3 Å². The molecule has 0 aliphatic carbocycles. The Balaban J connectivity index is 1.78. The zero-order valence-electron chi connectivity index (χ0n) is 12.9. The van der Waals surface area contributed by atoms with Gasteiger partial charge in [0.15, 0.2) is 5.13 Å². The summed E-state index contributed by atoms with van der Waals surface area (Å²) in [5.41, 5.74) is 1.16. The first kappa shape index (κ1) is 15.7. The third kappa shape index (κ3) is 5.04. The van der Waals surface area contributed by atoms with Gasteiger partial charge in [0.05, 0.1) is 5.69 Å². The molecule has 0 aromatic carbocycles. The van der Waals surface area contributed by atoms with E-state index < -0.39 is 0 Å². The van der Waals surface area contributed by atoms with Crippen molar-refractivity contribution in [3.8, 4) is 0 Å². The largest absolute Gasteiger partial charge is 0.381 e. The van der Waals surface area contributed by atoms with Crippen LogP contribution in [0.1, 0.15) is 32.4 Å². The van der Waals surface area contributed by atoms with Gasteiger partial charge in [-0.1, -0.05) is 13.8 Å². The van der Waals surface area contributed by atoms with E-state index >= 15 is 0 Å². The normalized spacial score (nSPS) is 16.8. The lowest BCUT2D eigenvalue weighted by atomic mass is 10.0. The molecule has 0 amide bonds. The maximum atomic E-state index is 5.41. The fourth-order valence-corrected chi connectivity index (χ4v) is 3.24. The van der Waals surface area contributed by atoms with E-state index in [0.29, 0.717) is 5.92 Å². The van der Waals surface area contributed by atoms with Crippen LogP contribution in [0.4, 0.5) is 5.13 Å². The van der Waals surface area contributed by atoms with E-state index in [-0.39, 0.29) is 0 Å². The van der Waals surface area contributed by atoms with E-state index in [4.69, 9.17) is 9.72 Å². The molecule has 0 unspecified atom stereocenters. The third-order valence-electron chi connectivity index (χ3n) is 3.60. The van der Waals surface area contributed by atoms with E-state index in [9.17, 15) is 0 Å². The maximum absolute atomic E-state index is 5.41. The lowest BCUT2D eigenvalue weighted by Gasteiger charge is -2.26. The van der Waals surface area contributed by atoms with Crippen LogP contribution in [0, 0.1) is 11.8 Å². The van der Waals surface area contributed by atoms with Gasteiger partial charge in [0, 0.05) is 38.7 Å². The van der Waals surface area contributed by atoms with Gasteiger partial charge in [0.25, 0.3) is 0 Å². The molecule has 5 heteroatoms. The van der Waals surface area contributed by atoms with Crippen LogP contribution in [0.15, 0.2) is 5.38 Å². The van der Waals surface area contributed by atoms with E-state index in [2.05, 4.69) is 36.5 Å². The van der Waals surface area contributed by atoms with Gasteiger partial charge in [-0.05, 0) is 31.2 Å². The average Bonchev–Trinajstić information content (AvgIpc) is 2.88. The minimum absolute atomic E-state index is 0.685. The quantitative estimate of drug-likeness (QED) is 0.840. The van der Waals surface area contributed by atoms with Gasteiger partial charge in [-0.2, -0.15) is 0 Å². The highest BCUT2D eigenvalue weighted by Crippen LogP contribution is 2.23. The predicted molar refractivity (Wildman–Crippen MR) is 85.5 cm³/mol. The van der Waals surface area contributed by atoms with Gasteiger partial charge >= 0.3 is 0 Å². The Morgan fingerprint density at radius 1 is 1.45 bits per heavy atom. The maximum Gasteiger partial charge on any atom is 0.185 e. The monoisotopic (exact) mass is 297 g/mol. The van der Waals surface area contributed by atoms with Gasteiger partial charge in [-0.15, -0.1) is 11.3 Å². The summed E-state index contributed by atoms with van der Waals surface area (Å²) in [7, 11) is 2.15. The van der Waals surface area contributed by atoms with Crippen molar-refractivity contribution in [1.29, 1.82) is 0 Å².